The fourth-order valence-electron chi connectivity index (χ4n) is 1.60. The van der Waals surface area contributed by atoms with E-state index in [9.17, 15) is 9.18 Å². The van der Waals surface area contributed by atoms with Crippen molar-refractivity contribution in [2.24, 2.45) is 0 Å². The molecule has 0 saturated heterocycles. The van der Waals surface area contributed by atoms with E-state index in [4.69, 9.17) is 52.1 Å². The van der Waals surface area contributed by atoms with Gasteiger partial charge in [-0.2, -0.15) is 0 Å². The van der Waals surface area contributed by atoms with E-state index in [2.05, 4.69) is 5.32 Å². The Balaban J connectivity index is 2.35. The van der Waals surface area contributed by atoms with Crippen LogP contribution in [0.3, 0.4) is 0 Å². The molecule has 0 spiro atoms. The van der Waals surface area contributed by atoms with Crippen LogP contribution in [-0.4, -0.2) is 5.91 Å². The van der Waals surface area contributed by atoms with Gasteiger partial charge in [0.2, 0.25) is 0 Å². The maximum Gasteiger partial charge on any atom is 0.257 e. The summed E-state index contributed by atoms with van der Waals surface area (Å²) in [4.78, 5) is 12.2. The monoisotopic (exact) mass is 366 g/mol. The lowest BCUT2D eigenvalue weighted by atomic mass is 10.2. The zero-order chi connectivity index (χ0) is 15.7. The molecule has 0 saturated carbocycles. The third-order valence-electron chi connectivity index (χ3n) is 2.54. The lowest BCUT2D eigenvalue weighted by molar-refractivity contribution is 0.102. The Kier molecular flexibility index (Phi) is 4.84. The van der Waals surface area contributed by atoms with Gasteiger partial charge >= 0.3 is 0 Å². The Hall–Kier alpha value is -1.20. The molecule has 110 valence electrons. The number of carbonyl (C=O) groups is 1. The SMILES string of the molecule is Nc1cc(Cl)c(Cl)c(C(=O)Nc2cc(Cl)c(F)c(Cl)c2)c1. The van der Waals surface area contributed by atoms with Gasteiger partial charge in [-0.25, -0.2) is 4.39 Å². The minimum absolute atomic E-state index is 0.0580. The molecule has 3 N–H and O–H groups in total. The summed E-state index contributed by atoms with van der Waals surface area (Å²) in [6, 6.07) is 5.24. The predicted molar refractivity (Wildman–Crippen MR) is 85.2 cm³/mol. The van der Waals surface area contributed by atoms with E-state index in [1.54, 1.807) is 0 Å². The minimum Gasteiger partial charge on any atom is -0.399 e. The number of anilines is 2. The summed E-state index contributed by atoms with van der Waals surface area (Å²) >= 11 is 23.1. The second-order valence-corrected chi connectivity index (χ2v) is 5.67. The molecule has 0 aliphatic carbocycles. The van der Waals surface area contributed by atoms with Crippen LogP contribution < -0.4 is 11.1 Å². The highest BCUT2D eigenvalue weighted by molar-refractivity contribution is 6.44. The van der Waals surface area contributed by atoms with Crippen LogP contribution in [0.15, 0.2) is 24.3 Å². The molecule has 8 heteroatoms. The maximum atomic E-state index is 13.3. The van der Waals surface area contributed by atoms with Gasteiger partial charge in [-0.3, -0.25) is 4.79 Å². The summed E-state index contributed by atoms with van der Waals surface area (Å²) in [5, 5.41) is 2.27. The van der Waals surface area contributed by atoms with E-state index < -0.39 is 11.7 Å². The molecule has 2 aromatic carbocycles. The molecule has 0 atom stereocenters. The number of amides is 1. The Morgan fingerprint density at radius 2 is 1.57 bits per heavy atom. The standard InChI is InChI=1S/C13H7Cl4FN2O/c14-8-2-5(19)1-7(11(8)17)13(21)20-6-3-9(15)12(18)10(16)4-6/h1-4H,19H2,(H,20,21). The molecule has 21 heavy (non-hydrogen) atoms. The first-order valence-electron chi connectivity index (χ1n) is 5.50. The van der Waals surface area contributed by atoms with Crippen molar-refractivity contribution in [1.82, 2.24) is 0 Å². The minimum atomic E-state index is -0.763. The summed E-state index contributed by atoms with van der Waals surface area (Å²) in [5.41, 5.74) is 6.19. The van der Waals surface area contributed by atoms with Crippen LogP contribution in [0.25, 0.3) is 0 Å². The van der Waals surface area contributed by atoms with Crippen LogP contribution in [0.2, 0.25) is 20.1 Å². The maximum absolute atomic E-state index is 13.3. The van der Waals surface area contributed by atoms with Gasteiger partial charge in [-0.1, -0.05) is 46.4 Å². The Labute approximate surface area is 139 Å². The van der Waals surface area contributed by atoms with Crippen LogP contribution in [0.5, 0.6) is 0 Å². The van der Waals surface area contributed by atoms with E-state index in [1.165, 1.54) is 24.3 Å². The van der Waals surface area contributed by atoms with E-state index in [1.807, 2.05) is 0 Å². The molecule has 3 nitrogen and oxygen atoms in total. The van der Waals surface area contributed by atoms with Gasteiger partial charge in [0.1, 0.15) is 0 Å². The Morgan fingerprint density at radius 1 is 1.00 bits per heavy atom. The van der Waals surface area contributed by atoms with Gasteiger partial charge in [0, 0.05) is 11.4 Å². The molecule has 2 rings (SSSR count). The van der Waals surface area contributed by atoms with Gasteiger partial charge in [0.05, 0.1) is 25.7 Å². The van der Waals surface area contributed by atoms with Crippen molar-refractivity contribution in [3.63, 3.8) is 0 Å². The highest BCUT2D eigenvalue weighted by atomic mass is 35.5. The summed E-state index contributed by atoms with van der Waals surface area (Å²) in [7, 11) is 0. The van der Waals surface area contributed by atoms with E-state index in [-0.39, 0.29) is 37.0 Å². The molecule has 0 aromatic heterocycles. The number of rotatable bonds is 2. The molecule has 0 unspecified atom stereocenters. The topological polar surface area (TPSA) is 55.1 Å². The van der Waals surface area contributed by atoms with Crippen LogP contribution in [0.1, 0.15) is 10.4 Å². The number of benzene rings is 2. The highest BCUT2D eigenvalue weighted by Crippen LogP contribution is 2.31. The molecule has 0 fully saturated rings. The van der Waals surface area contributed by atoms with Gasteiger partial charge < -0.3 is 11.1 Å². The van der Waals surface area contributed by atoms with Gasteiger partial charge in [0.15, 0.2) is 5.82 Å². The lowest BCUT2D eigenvalue weighted by Crippen LogP contribution is -2.13. The van der Waals surface area contributed by atoms with Crippen molar-refractivity contribution in [3.05, 3.63) is 55.7 Å². The van der Waals surface area contributed by atoms with Crippen molar-refractivity contribution in [3.8, 4) is 0 Å². The normalized spacial score (nSPS) is 10.5. The number of hydrogen-bond donors (Lipinski definition) is 2. The molecule has 1 amide bonds. The molecule has 0 aliphatic heterocycles. The van der Waals surface area contributed by atoms with Gasteiger partial charge in [-0.15, -0.1) is 0 Å². The third-order valence-corrected chi connectivity index (χ3v) is 3.89. The summed E-state index contributed by atoms with van der Waals surface area (Å²) < 4.78 is 13.3. The largest absolute Gasteiger partial charge is 0.399 e. The predicted octanol–water partition coefficient (Wildman–Crippen LogP) is 5.27. The average Bonchev–Trinajstić information content (AvgIpc) is 2.39. The second-order valence-electron chi connectivity index (χ2n) is 4.07. The number of hydrogen-bond acceptors (Lipinski definition) is 2. The van der Waals surface area contributed by atoms with E-state index >= 15 is 0 Å². The number of halogens is 5. The molecule has 0 radical (unpaired) electrons. The van der Waals surface area contributed by atoms with Crippen molar-refractivity contribution in [2.45, 2.75) is 0 Å². The fraction of sp³-hybridized carbons (Fsp3) is 0. The van der Waals surface area contributed by atoms with Gasteiger partial charge in [-0.05, 0) is 24.3 Å². The molecular weight excluding hydrogens is 361 g/mol. The van der Waals surface area contributed by atoms with Gasteiger partial charge in [0.25, 0.3) is 5.91 Å². The Morgan fingerprint density at radius 3 is 2.14 bits per heavy atom. The Bertz CT molecular complexity index is 713. The lowest BCUT2D eigenvalue weighted by Gasteiger charge is -2.10. The smallest absolute Gasteiger partial charge is 0.257 e. The first-order chi connectivity index (χ1) is 9.79. The van der Waals surface area contributed by atoms with E-state index in [0.29, 0.717) is 0 Å². The average molecular weight is 368 g/mol. The molecular formula is C13H7Cl4FN2O. The van der Waals surface area contributed by atoms with Crippen LogP contribution in [0.4, 0.5) is 15.8 Å². The number of nitrogen functional groups attached to an aromatic ring is 1. The molecule has 2 aromatic rings. The summed E-state index contributed by atoms with van der Waals surface area (Å²) in [6.45, 7) is 0. The second kappa shape index (κ2) is 6.28. The summed E-state index contributed by atoms with van der Waals surface area (Å²) in [5.74, 6) is -1.34. The van der Waals surface area contributed by atoms with Crippen molar-refractivity contribution >= 4 is 63.7 Å². The quantitative estimate of drug-likeness (QED) is 0.560. The molecule has 0 heterocycles. The first kappa shape index (κ1) is 16.2. The molecule has 0 bridgehead atoms. The fourth-order valence-corrected chi connectivity index (χ4v) is 2.51. The number of nitrogens with one attached hydrogen (secondary N) is 1. The highest BCUT2D eigenvalue weighted by Gasteiger charge is 2.16. The molecule has 0 aliphatic rings. The zero-order valence-electron chi connectivity index (χ0n) is 10.2. The van der Waals surface area contributed by atoms with Crippen molar-refractivity contribution in [2.75, 3.05) is 11.1 Å². The van der Waals surface area contributed by atoms with Crippen LogP contribution in [-0.2, 0) is 0 Å². The van der Waals surface area contributed by atoms with Crippen molar-refractivity contribution < 1.29 is 9.18 Å². The van der Waals surface area contributed by atoms with Crippen LogP contribution in [0, 0.1) is 5.82 Å². The third kappa shape index (κ3) is 3.52. The van der Waals surface area contributed by atoms with E-state index in [0.717, 1.165) is 0 Å². The first-order valence-corrected chi connectivity index (χ1v) is 7.01. The van der Waals surface area contributed by atoms with Crippen molar-refractivity contribution in [1.29, 1.82) is 0 Å². The van der Waals surface area contributed by atoms with Crippen LogP contribution >= 0.6 is 46.4 Å². The number of carbonyl (C=O) groups excluding carboxylic acids is 1. The summed E-state index contributed by atoms with van der Waals surface area (Å²) in [6.07, 6.45) is 0. The zero-order valence-corrected chi connectivity index (χ0v) is 13.2. The number of nitrogens with two attached hydrogens (primary N) is 1.